The molecule has 4 N–H and O–H groups in total. The number of nitrogens with one attached hydrogen (secondary N) is 2. The Morgan fingerprint density at radius 3 is 2.57 bits per heavy atom. The Bertz CT molecular complexity index is 826. The number of carboxylic acid groups (broad SMARTS) is 1. The average Bonchev–Trinajstić information content (AvgIpc) is 3.19. The summed E-state index contributed by atoms with van der Waals surface area (Å²) in [5.41, 5.74) is 0.912. The van der Waals surface area contributed by atoms with Crippen LogP contribution in [0.15, 0.2) is 12.4 Å². The highest BCUT2D eigenvalue weighted by Gasteiger charge is 2.38. The van der Waals surface area contributed by atoms with Crippen molar-refractivity contribution < 1.29 is 33.0 Å². The summed E-state index contributed by atoms with van der Waals surface area (Å²) < 4.78 is 25.9. The molecule has 2 rings (SSSR count). The lowest BCUT2D eigenvalue weighted by Gasteiger charge is -2.20. The zero-order valence-electron chi connectivity index (χ0n) is 17.2. The first-order valence-electron chi connectivity index (χ1n) is 9.19. The van der Waals surface area contributed by atoms with Gasteiger partial charge in [-0.25, -0.2) is 13.1 Å². The molecule has 170 valence electrons. The van der Waals surface area contributed by atoms with Crippen LogP contribution in [-0.2, 0) is 38.0 Å². The van der Waals surface area contributed by atoms with Gasteiger partial charge in [-0.05, 0) is 12.8 Å². The molecule has 13 heteroatoms. The molecule has 0 spiro atoms. The summed E-state index contributed by atoms with van der Waals surface area (Å²) >= 11 is 0. The van der Waals surface area contributed by atoms with Crippen LogP contribution in [0.1, 0.15) is 24.8 Å². The van der Waals surface area contributed by atoms with Crippen molar-refractivity contribution in [2.75, 3.05) is 19.8 Å². The van der Waals surface area contributed by atoms with Gasteiger partial charge in [0.1, 0.15) is 0 Å². The molecule has 1 aliphatic carbocycles. The molecule has 1 fully saturated rings. The summed E-state index contributed by atoms with van der Waals surface area (Å²) in [4.78, 5) is 34.5. The first kappa shape index (κ1) is 25.5. The van der Waals surface area contributed by atoms with E-state index in [1.807, 2.05) is 6.20 Å². The van der Waals surface area contributed by atoms with Crippen molar-refractivity contribution in [3.05, 3.63) is 18.0 Å². The van der Waals surface area contributed by atoms with Crippen LogP contribution >= 0.6 is 0 Å². The number of aliphatic hydroxyl groups is 1. The largest absolute Gasteiger partial charge is 0.483 e. The van der Waals surface area contributed by atoms with Gasteiger partial charge in [0.2, 0.25) is 21.8 Å². The lowest BCUT2D eigenvalue weighted by molar-refractivity contribution is -0.135. The van der Waals surface area contributed by atoms with Crippen molar-refractivity contribution in [3.8, 4) is 0 Å². The minimum atomic E-state index is -3.35. The Hall–Kier alpha value is -2.51. The number of aliphatic hydroxyl groups excluding tert-OH is 1. The second-order valence-electron chi connectivity index (χ2n) is 7.15. The molecule has 1 aliphatic rings. The Balaban J connectivity index is 0.00000141. The van der Waals surface area contributed by atoms with Crippen molar-refractivity contribution in [2.24, 2.45) is 13.0 Å². The molecule has 3 atom stereocenters. The molecule has 1 aromatic heterocycles. The minimum Gasteiger partial charge on any atom is -0.483 e. The van der Waals surface area contributed by atoms with Crippen LogP contribution < -0.4 is 10.0 Å². The number of hydrogen-bond donors (Lipinski definition) is 4. The molecule has 0 saturated heterocycles. The predicted octanol–water partition coefficient (Wildman–Crippen LogP) is -1.73. The number of rotatable bonds is 8. The van der Waals surface area contributed by atoms with E-state index in [2.05, 4.69) is 15.1 Å². The summed E-state index contributed by atoms with van der Waals surface area (Å²) in [6.07, 6.45) is 4.34. The molecule has 2 amide bonds. The molecule has 1 saturated carbocycles. The number of sulfonamides is 1. The smallest absolute Gasteiger partial charge is 0.290 e. The lowest BCUT2D eigenvalue weighted by Crippen LogP contribution is -2.41. The molecule has 1 heterocycles. The average molecular weight is 448 g/mol. The number of carbonyl (C=O) groups is 3. The minimum absolute atomic E-state index is 0.0102. The van der Waals surface area contributed by atoms with Crippen LogP contribution in [-0.4, -0.2) is 83.6 Å². The van der Waals surface area contributed by atoms with E-state index < -0.39 is 22.2 Å². The summed E-state index contributed by atoms with van der Waals surface area (Å²) in [6.45, 7) is 0.164. The fourth-order valence-electron chi connectivity index (χ4n) is 3.22. The van der Waals surface area contributed by atoms with E-state index in [9.17, 15) is 23.1 Å². The molecule has 0 aliphatic heterocycles. The van der Waals surface area contributed by atoms with Gasteiger partial charge >= 0.3 is 0 Å². The van der Waals surface area contributed by atoms with E-state index in [1.54, 1.807) is 29.9 Å². The Morgan fingerprint density at radius 1 is 1.40 bits per heavy atom. The number of hydrogen-bond acceptors (Lipinski definition) is 7. The van der Waals surface area contributed by atoms with Crippen molar-refractivity contribution in [1.29, 1.82) is 0 Å². The highest BCUT2D eigenvalue weighted by molar-refractivity contribution is 7.88. The highest BCUT2D eigenvalue weighted by Crippen LogP contribution is 2.28. The first-order chi connectivity index (χ1) is 14.0. The normalized spacial score (nSPS) is 20.7. The molecule has 0 bridgehead atoms. The van der Waals surface area contributed by atoms with Gasteiger partial charge < -0.3 is 20.4 Å². The quantitative estimate of drug-likeness (QED) is 0.341. The molecule has 0 aromatic carbocycles. The third kappa shape index (κ3) is 8.88. The molecular formula is C17H29N5O7S. The van der Waals surface area contributed by atoms with Crippen LogP contribution in [0.25, 0.3) is 0 Å². The number of aryl methyl sites for hydroxylation is 1. The Kier molecular flexibility index (Phi) is 9.89. The predicted molar refractivity (Wildman–Crippen MR) is 106 cm³/mol. The summed E-state index contributed by atoms with van der Waals surface area (Å²) in [5.74, 6) is -0.832. The second kappa shape index (κ2) is 11.6. The van der Waals surface area contributed by atoms with E-state index in [0.717, 1.165) is 11.8 Å². The van der Waals surface area contributed by atoms with Crippen LogP contribution in [0.4, 0.5) is 0 Å². The van der Waals surface area contributed by atoms with Gasteiger partial charge in [-0.2, -0.15) is 5.10 Å². The number of nitrogens with zero attached hydrogens (tertiary/aromatic N) is 3. The van der Waals surface area contributed by atoms with Crippen LogP contribution in [0.5, 0.6) is 0 Å². The van der Waals surface area contributed by atoms with Crippen LogP contribution in [0, 0.1) is 5.92 Å². The Labute approximate surface area is 175 Å². The molecule has 1 aromatic rings. The number of amides is 2. The van der Waals surface area contributed by atoms with E-state index in [0.29, 0.717) is 13.0 Å². The van der Waals surface area contributed by atoms with E-state index in [4.69, 9.17) is 9.90 Å². The molecular weight excluding hydrogens is 418 g/mol. The van der Waals surface area contributed by atoms with Crippen molar-refractivity contribution in [1.82, 2.24) is 24.7 Å². The van der Waals surface area contributed by atoms with Crippen LogP contribution in [0.2, 0.25) is 0 Å². The van der Waals surface area contributed by atoms with E-state index >= 15 is 0 Å². The molecule has 0 unspecified atom stereocenters. The van der Waals surface area contributed by atoms with Gasteiger partial charge in [-0.15, -0.1) is 0 Å². The summed E-state index contributed by atoms with van der Waals surface area (Å²) in [5, 5.41) is 23.8. The fourth-order valence-corrected chi connectivity index (χ4v) is 3.69. The topological polar surface area (TPSA) is 171 Å². The van der Waals surface area contributed by atoms with Crippen molar-refractivity contribution >= 4 is 28.3 Å². The van der Waals surface area contributed by atoms with Crippen molar-refractivity contribution in [3.63, 3.8) is 0 Å². The third-order valence-electron chi connectivity index (χ3n) is 4.50. The van der Waals surface area contributed by atoms with E-state index in [1.165, 1.54) is 0 Å². The standard InChI is InChI=1S/C16H27N5O5S.CH2O2/c1-20(9-11-8-17-21(2)10-11)16(24)12-6-13(14(22)7-12)19-15(23)4-5-18-27(3,25)26;2-1-3/h8,10,12-14,18,22H,4-7,9H2,1-3H3,(H,19,23);1H,(H,2,3)/t12-,13+,14+;/m0./s1. The molecule has 30 heavy (non-hydrogen) atoms. The maximum absolute atomic E-state index is 12.6. The monoisotopic (exact) mass is 447 g/mol. The first-order valence-corrected chi connectivity index (χ1v) is 11.1. The van der Waals surface area contributed by atoms with Gasteiger partial charge in [-0.1, -0.05) is 0 Å². The van der Waals surface area contributed by atoms with Gasteiger partial charge in [-0.3, -0.25) is 19.1 Å². The summed E-state index contributed by atoms with van der Waals surface area (Å²) in [6, 6.07) is -0.517. The second-order valence-corrected chi connectivity index (χ2v) is 8.98. The molecule has 12 nitrogen and oxygen atoms in total. The van der Waals surface area contributed by atoms with Gasteiger partial charge in [0.25, 0.3) is 6.47 Å². The molecule has 0 radical (unpaired) electrons. The number of carbonyl (C=O) groups excluding carboxylic acids is 2. The SMILES string of the molecule is CN(Cc1cnn(C)c1)C(=O)[C@@H]1C[C@@H](O)[C@H](NC(=O)CCNS(C)(=O)=O)C1.O=CO. The maximum Gasteiger partial charge on any atom is 0.290 e. The third-order valence-corrected chi connectivity index (χ3v) is 5.22. The maximum atomic E-state index is 12.6. The van der Waals surface area contributed by atoms with Gasteiger partial charge in [0.15, 0.2) is 0 Å². The van der Waals surface area contributed by atoms with Crippen molar-refractivity contribution in [2.45, 2.75) is 38.0 Å². The zero-order valence-corrected chi connectivity index (χ0v) is 18.0. The van der Waals surface area contributed by atoms with Gasteiger partial charge in [0.05, 0.1) is 24.6 Å². The lowest BCUT2D eigenvalue weighted by atomic mass is 10.1. The van der Waals surface area contributed by atoms with Gasteiger partial charge in [0, 0.05) is 51.3 Å². The Morgan fingerprint density at radius 2 is 2.03 bits per heavy atom. The summed E-state index contributed by atoms with van der Waals surface area (Å²) in [7, 11) is 0.155. The van der Waals surface area contributed by atoms with Crippen LogP contribution in [0.3, 0.4) is 0 Å². The van der Waals surface area contributed by atoms with E-state index in [-0.39, 0.29) is 43.6 Å². The zero-order chi connectivity index (χ0) is 22.9. The fraction of sp³-hybridized carbons (Fsp3) is 0.647. The number of aromatic nitrogens is 2. The highest BCUT2D eigenvalue weighted by atomic mass is 32.2.